The van der Waals surface area contributed by atoms with Crippen LogP contribution >= 0.6 is 15.9 Å². The number of nitrogens with one attached hydrogen (secondary N) is 1. The van der Waals surface area contributed by atoms with Gasteiger partial charge >= 0.3 is 6.03 Å². The molecule has 0 bridgehead atoms. The number of anilines is 1. The maximum atomic E-state index is 13.5. The molecule has 4 aromatic carbocycles. The molecule has 4 amide bonds. The van der Waals surface area contributed by atoms with Crippen molar-refractivity contribution in [2.75, 3.05) is 11.5 Å². The van der Waals surface area contributed by atoms with Gasteiger partial charge in [-0.2, -0.15) is 0 Å². The third-order valence-electron chi connectivity index (χ3n) is 7.06. The molecule has 0 aromatic heterocycles. The highest BCUT2D eigenvalue weighted by Crippen LogP contribution is 2.32. The first-order valence-electron chi connectivity index (χ1n) is 14.1. The van der Waals surface area contributed by atoms with Crippen molar-refractivity contribution in [3.8, 4) is 17.2 Å². The van der Waals surface area contributed by atoms with Crippen LogP contribution in [0.5, 0.6) is 17.2 Å². The monoisotopic (exact) mass is 654 g/mol. The molecule has 1 aliphatic rings. The third-order valence-corrected chi connectivity index (χ3v) is 7.55. The summed E-state index contributed by atoms with van der Waals surface area (Å²) in [6.07, 6.45) is 1.43. The van der Waals surface area contributed by atoms with Crippen LogP contribution in [-0.4, -0.2) is 24.5 Å². The first-order valence-corrected chi connectivity index (χ1v) is 14.9. The van der Waals surface area contributed by atoms with Crippen LogP contribution in [0.25, 0.3) is 6.08 Å². The number of hydrogen-bond donors (Lipinski definition) is 1. The predicted octanol–water partition coefficient (Wildman–Crippen LogP) is 7.29. The SMILES string of the molecule is CCOc1cc(COc2ccc(Br)cc2/C=C2/C(=O)NC(=O)N(c3ccc(C)c(C)c3)C2=O)ccc1OCc1ccccc1. The van der Waals surface area contributed by atoms with Crippen LogP contribution in [-0.2, 0) is 22.8 Å². The lowest BCUT2D eigenvalue weighted by Crippen LogP contribution is -2.54. The molecule has 1 heterocycles. The van der Waals surface area contributed by atoms with Gasteiger partial charge in [0.05, 0.1) is 12.3 Å². The summed E-state index contributed by atoms with van der Waals surface area (Å²) in [5.74, 6) is 0.165. The van der Waals surface area contributed by atoms with Gasteiger partial charge in [0.2, 0.25) is 0 Å². The molecule has 1 fully saturated rings. The van der Waals surface area contributed by atoms with Crippen LogP contribution < -0.4 is 24.4 Å². The lowest BCUT2D eigenvalue weighted by atomic mass is 10.0. The quantitative estimate of drug-likeness (QED) is 0.143. The summed E-state index contributed by atoms with van der Waals surface area (Å²) in [6, 6.07) is 25.2. The number of nitrogens with zero attached hydrogens (tertiary/aromatic N) is 1. The zero-order valence-corrected chi connectivity index (χ0v) is 26.1. The molecule has 0 aliphatic carbocycles. The lowest BCUT2D eigenvalue weighted by Gasteiger charge is -2.27. The molecule has 4 aromatic rings. The Bertz CT molecular complexity index is 1750. The number of carbonyl (C=O) groups excluding carboxylic acids is 3. The summed E-state index contributed by atoms with van der Waals surface area (Å²) in [5.41, 5.74) is 4.48. The molecule has 0 unspecified atom stereocenters. The van der Waals surface area contributed by atoms with Gasteiger partial charge in [0.15, 0.2) is 11.5 Å². The summed E-state index contributed by atoms with van der Waals surface area (Å²) in [6.45, 7) is 6.79. The van der Waals surface area contributed by atoms with E-state index in [2.05, 4.69) is 21.2 Å². The van der Waals surface area contributed by atoms with Crippen LogP contribution in [0, 0.1) is 13.8 Å². The van der Waals surface area contributed by atoms with Gasteiger partial charge in [-0.1, -0.05) is 58.4 Å². The van der Waals surface area contributed by atoms with Gasteiger partial charge in [0, 0.05) is 10.0 Å². The van der Waals surface area contributed by atoms with E-state index in [0.29, 0.717) is 41.7 Å². The molecular weight excluding hydrogens is 624 g/mol. The number of hydrogen-bond acceptors (Lipinski definition) is 6. The summed E-state index contributed by atoms with van der Waals surface area (Å²) >= 11 is 3.46. The number of amides is 4. The van der Waals surface area contributed by atoms with Crippen LogP contribution in [0.4, 0.5) is 10.5 Å². The van der Waals surface area contributed by atoms with E-state index in [9.17, 15) is 14.4 Å². The Hall–Kier alpha value is -4.89. The Morgan fingerprint density at radius 1 is 0.750 bits per heavy atom. The highest BCUT2D eigenvalue weighted by Gasteiger charge is 2.37. The van der Waals surface area contributed by atoms with Crippen molar-refractivity contribution in [1.29, 1.82) is 0 Å². The minimum atomic E-state index is -0.799. The number of ether oxygens (including phenoxy) is 3. The lowest BCUT2D eigenvalue weighted by molar-refractivity contribution is -0.122. The molecule has 1 N–H and O–H groups in total. The average molecular weight is 656 g/mol. The third kappa shape index (κ3) is 7.01. The number of benzene rings is 4. The van der Waals surface area contributed by atoms with Gasteiger partial charge in [-0.25, -0.2) is 9.69 Å². The Morgan fingerprint density at radius 3 is 2.23 bits per heavy atom. The molecule has 0 radical (unpaired) electrons. The van der Waals surface area contributed by atoms with Crippen molar-refractivity contribution in [1.82, 2.24) is 5.32 Å². The normalized spacial score (nSPS) is 14.0. The first-order chi connectivity index (χ1) is 21.2. The fraction of sp³-hybridized carbons (Fsp3) is 0.171. The predicted molar refractivity (Wildman–Crippen MR) is 172 cm³/mol. The van der Waals surface area contributed by atoms with E-state index < -0.39 is 17.8 Å². The van der Waals surface area contributed by atoms with Crippen molar-refractivity contribution in [2.24, 2.45) is 0 Å². The van der Waals surface area contributed by atoms with E-state index in [1.165, 1.54) is 6.08 Å². The summed E-state index contributed by atoms with van der Waals surface area (Å²) in [4.78, 5) is 40.0. The molecule has 1 saturated heterocycles. The van der Waals surface area contributed by atoms with Crippen molar-refractivity contribution in [3.05, 3.63) is 123 Å². The van der Waals surface area contributed by atoms with E-state index in [1.807, 2.05) is 75.4 Å². The molecule has 0 saturated carbocycles. The standard InChI is InChI=1S/C35H31BrN2O6/c1-4-42-32-17-25(11-14-31(32)44-20-24-8-6-5-7-9-24)21-43-30-15-12-27(36)18-26(30)19-29-33(39)37-35(41)38(34(29)40)28-13-10-22(2)23(3)16-28/h5-19H,4,20-21H2,1-3H3,(H,37,39,41)/b29-19-. The molecule has 1 aliphatic heterocycles. The van der Waals surface area contributed by atoms with Crippen molar-refractivity contribution in [2.45, 2.75) is 34.0 Å². The number of aryl methyl sites for hydroxylation is 2. The molecule has 224 valence electrons. The number of barbiturate groups is 1. The maximum absolute atomic E-state index is 13.5. The molecule has 8 nitrogen and oxygen atoms in total. The summed E-state index contributed by atoms with van der Waals surface area (Å²) in [5, 5.41) is 2.28. The van der Waals surface area contributed by atoms with Gasteiger partial charge in [-0.15, -0.1) is 0 Å². The second-order valence-corrected chi connectivity index (χ2v) is 11.1. The number of imide groups is 2. The second kappa shape index (κ2) is 13.6. The van der Waals surface area contributed by atoms with E-state index in [4.69, 9.17) is 14.2 Å². The van der Waals surface area contributed by atoms with Crippen LogP contribution in [0.1, 0.15) is 34.7 Å². The summed E-state index contributed by atoms with van der Waals surface area (Å²) < 4.78 is 18.7. The van der Waals surface area contributed by atoms with Gasteiger partial charge in [-0.05, 0) is 91.6 Å². The smallest absolute Gasteiger partial charge is 0.335 e. The van der Waals surface area contributed by atoms with Crippen LogP contribution in [0.2, 0.25) is 0 Å². The highest BCUT2D eigenvalue weighted by molar-refractivity contribution is 9.10. The van der Waals surface area contributed by atoms with Crippen molar-refractivity contribution in [3.63, 3.8) is 0 Å². The molecule has 5 rings (SSSR count). The highest BCUT2D eigenvalue weighted by atomic mass is 79.9. The zero-order valence-electron chi connectivity index (χ0n) is 24.6. The van der Waals surface area contributed by atoms with Gasteiger partial charge < -0.3 is 14.2 Å². The molecule has 44 heavy (non-hydrogen) atoms. The first kappa shape index (κ1) is 30.6. The topological polar surface area (TPSA) is 94.2 Å². The summed E-state index contributed by atoms with van der Waals surface area (Å²) in [7, 11) is 0. The largest absolute Gasteiger partial charge is 0.490 e. The number of carbonyl (C=O) groups is 3. The van der Waals surface area contributed by atoms with Gasteiger partial charge in [-0.3, -0.25) is 14.9 Å². The van der Waals surface area contributed by atoms with E-state index >= 15 is 0 Å². The van der Waals surface area contributed by atoms with E-state index in [-0.39, 0.29) is 12.2 Å². The molecule has 9 heteroatoms. The number of rotatable bonds is 10. The van der Waals surface area contributed by atoms with Crippen molar-refractivity contribution < 1.29 is 28.6 Å². The molecular formula is C35H31BrN2O6. The van der Waals surface area contributed by atoms with Crippen molar-refractivity contribution >= 4 is 45.5 Å². The number of halogens is 1. The van der Waals surface area contributed by atoms with Gasteiger partial charge in [0.1, 0.15) is 24.5 Å². The minimum Gasteiger partial charge on any atom is -0.490 e. The Kier molecular flexibility index (Phi) is 9.45. The zero-order chi connectivity index (χ0) is 31.2. The average Bonchev–Trinajstić information content (AvgIpc) is 3.00. The van der Waals surface area contributed by atoms with Crippen LogP contribution in [0.15, 0.2) is 95.0 Å². The fourth-order valence-electron chi connectivity index (χ4n) is 4.60. The molecule has 0 atom stereocenters. The minimum absolute atomic E-state index is 0.185. The van der Waals surface area contributed by atoms with Gasteiger partial charge in [0.25, 0.3) is 11.8 Å². The Labute approximate surface area is 264 Å². The Morgan fingerprint density at radius 2 is 1.48 bits per heavy atom. The second-order valence-electron chi connectivity index (χ2n) is 10.2. The number of urea groups is 1. The molecule has 0 spiro atoms. The fourth-order valence-corrected chi connectivity index (χ4v) is 4.98. The van der Waals surface area contributed by atoms with Crippen LogP contribution in [0.3, 0.4) is 0 Å². The Balaban J connectivity index is 1.37. The van der Waals surface area contributed by atoms with E-state index in [0.717, 1.165) is 31.6 Å². The van der Waals surface area contributed by atoms with E-state index in [1.54, 1.807) is 30.3 Å². The maximum Gasteiger partial charge on any atom is 0.335 e.